The van der Waals surface area contributed by atoms with Crippen molar-refractivity contribution in [3.8, 4) is 39.1 Å². The van der Waals surface area contributed by atoms with Gasteiger partial charge in [-0.3, -0.25) is 0 Å². The Balaban J connectivity index is 0.981. The van der Waals surface area contributed by atoms with Gasteiger partial charge in [0.05, 0.1) is 22.4 Å². The van der Waals surface area contributed by atoms with Crippen LogP contribution in [0, 0.1) is 0 Å². The average Bonchev–Trinajstić information content (AvgIpc) is 3.95. The highest BCUT2D eigenvalue weighted by Gasteiger charge is 2.36. The van der Waals surface area contributed by atoms with Crippen molar-refractivity contribution < 1.29 is 4.42 Å². The summed E-state index contributed by atoms with van der Waals surface area (Å²) in [5.41, 5.74) is 18.5. The summed E-state index contributed by atoms with van der Waals surface area (Å²) in [6.07, 6.45) is 0. The van der Waals surface area contributed by atoms with Crippen molar-refractivity contribution in [2.24, 2.45) is 0 Å². The standard InChI is InChI=1S/C61H42N2O/c1-61(2)53-22-10-5-19-47(53)48-33-32-44(38-54(48)61)62(55-23-11-7-18-46(55)42-29-34-59-51(36-42)52-35-40-15-3-4-16-41(40)37-60(52)64-59)43-30-27-39(28-31-43)45-17-6-12-24-56(45)63-57-25-13-8-20-49(57)50-21-9-14-26-58(50)63/h3-38H,1-2H3. The molecule has 3 nitrogen and oxygen atoms in total. The monoisotopic (exact) mass is 818 g/mol. The molecule has 302 valence electrons. The lowest BCUT2D eigenvalue weighted by atomic mass is 9.82. The summed E-state index contributed by atoms with van der Waals surface area (Å²) in [6, 6.07) is 79.8. The number of aromatic nitrogens is 1. The minimum Gasteiger partial charge on any atom is -0.456 e. The van der Waals surface area contributed by atoms with E-state index in [1.807, 2.05) is 0 Å². The minimum absolute atomic E-state index is 0.148. The Morgan fingerprint density at radius 1 is 0.391 bits per heavy atom. The molecule has 0 N–H and O–H groups in total. The van der Waals surface area contributed by atoms with E-state index >= 15 is 0 Å². The van der Waals surface area contributed by atoms with E-state index < -0.39 is 0 Å². The Bertz CT molecular complexity index is 3770. The maximum absolute atomic E-state index is 6.47. The first-order valence-electron chi connectivity index (χ1n) is 22.2. The van der Waals surface area contributed by atoms with Gasteiger partial charge in [-0.25, -0.2) is 0 Å². The van der Waals surface area contributed by atoms with Gasteiger partial charge in [0, 0.05) is 49.5 Å². The fourth-order valence-electron chi connectivity index (χ4n) is 10.7. The third kappa shape index (κ3) is 5.47. The zero-order valence-electron chi connectivity index (χ0n) is 35.6. The highest BCUT2D eigenvalue weighted by Crippen LogP contribution is 2.51. The molecule has 0 atom stereocenters. The summed E-state index contributed by atoms with van der Waals surface area (Å²) in [7, 11) is 0. The maximum atomic E-state index is 6.47. The predicted octanol–water partition coefficient (Wildman–Crippen LogP) is 16.9. The largest absolute Gasteiger partial charge is 0.456 e. The number of furan rings is 1. The lowest BCUT2D eigenvalue weighted by molar-refractivity contribution is 0.660. The fourth-order valence-corrected chi connectivity index (χ4v) is 10.7. The van der Waals surface area contributed by atoms with Gasteiger partial charge in [0.2, 0.25) is 0 Å². The second kappa shape index (κ2) is 13.9. The first-order chi connectivity index (χ1) is 31.5. The molecular formula is C61H42N2O. The van der Waals surface area contributed by atoms with Crippen LogP contribution in [0.1, 0.15) is 25.0 Å². The Kier molecular flexibility index (Phi) is 7.95. The fraction of sp³-hybridized carbons (Fsp3) is 0.0492. The Morgan fingerprint density at radius 2 is 0.969 bits per heavy atom. The van der Waals surface area contributed by atoms with Gasteiger partial charge in [0.15, 0.2) is 0 Å². The molecule has 0 aliphatic heterocycles. The molecule has 0 spiro atoms. The number of hydrogen-bond acceptors (Lipinski definition) is 2. The molecule has 12 aromatic rings. The van der Waals surface area contributed by atoms with E-state index in [0.29, 0.717) is 0 Å². The van der Waals surface area contributed by atoms with Crippen LogP contribution in [0.5, 0.6) is 0 Å². The number of fused-ring (bicyclic) bond motifs is 10. The lowest BCUT2D eigenvalue weighted by Crippen LogP contribution is -2.16. The van der Waals surface area contributed by atoms with Crippen LogP contribution in [-0.4, -0.2) is 4.57 Å². The molecule has 0 saturated carbocycles. The molecule has 0 unspecified atom stereocenters. The average molecular weight is 819 g/mol. The maximum Gasteiger partial charge on any atom is 0.136 e. The van der Waals surface area contributed by atoms with Crippen molar-refractivity contribution >= 4 is 71.6 Å². The van der Waals surface area contributed by atoms with Crippen LogP contribution in [-0.2, 0) is 5.41 Å². The number of para-hydroxylation sites is 4. The highest BCUT2D eigenvalue weighted by atomic mass is 16.3. The van der Waals surface area contributed by atoms with E-state index in [9.17, 15) is 0 Å². The summed E-state index contributed by atoms with van der Waals surface area (Å²) >= 11 is 0. The summed E-state index contributed by atoms with van der Waals surface area (Å²) in [4.78, 5) is 2.45. The second-order valence-corrected chi connectivity index (χ2v) is 17.7. The SMILES string of the molecule is CC1(C)c2ccccc2-c2ccc(N(c3ccc(-c4ccccc4-n4c5ccccc5c5ccccc54)cc3)c3ccccc3-c3ccc4oc5cc6ccccc6cc5c4c3)cc21. The van der Waals surface area contributed by atoms with Gasteiger partial charge < -0.3 is 13.9 Å². The Hall–Kier alpha value is -8.14. The van der Waals surface area contributed by atoms with Gasteiger partial charge in [-0.15, -0.1) is 0 Å². The summed E-state index contributed by atoms with van der Waals surface area (Å²) in [6.45, 7) is 4.72. The van der Waals surface area contributed by atoms with Gasteiger partial charge in [0.1, 0.15) is 11.2 Å². The highest BCUT2D eigenvalue weighted by molar-refractivity contribution is 6.12. The topological polar surface area (TPSA) is 21.3 Å². The summed E-state index contributed by atoms with van der Waals surface area (Å²) in [5.74, 6) is 0. The molecule has 13 rings (SSSR count). The summed E-state index contributed by atoms with van der Waals surface area (Å²) in [5, 5.41) is 7.14. The van der Waals surface area contributed by atoms with Crippen molar-refractivity contribution in [3.63, 3.8) is 0 Å². The van der Waals surface area contributed by atoms with Crippen LogP contribution in [0.2, 0.25) is 0 Å². The number of hydrogen-bond donors (Lipinski definition) is 0. The smallest absolute Gasteiger partial charge is 0.136 e. The molecule has 64 heavy (non-hydrogen) atoms. The number of nitrogens with zero attached hydrogens (tertiary/aromatic N) is 2. The van der Waals surface area contributed by atoms with Gasteiger partial charge in [-0.1, -0.05) is 159 Å². The molecule has 1 aliphatic carbocycles. The molecule has 0 amide bonds. The van der Waals surface area contributed by atoms with E-state index in [1.165, 1.54) is 60.4 Å². The van der Waals surface area contributed by atoms with Gasteiger partial charge >= 0.3 is 0 Å². The van der Waals surface area contributed by atoms with E-state index in [0.717, 1.165) is 61.4 Å². The third-order valence-electron chi connectivity index (χ3n) is 13.8. The van der Waals surface area contributed by atoms with E-state index in [-0.39, 0.29) is 5.41 Å². The van der Waals surface area contributed by atoms with Crippen molar-refractivity contribution in [2.75, 3.05) is 4.90 Å². The van der Waals surface area contributed by atoms with Crippen LogP contribution >= 0.6 is 0 Å². The van der Waals surface area contributed by atoms with E-state index in [2.05, 4.69) is 242 Å². The molecule has 0 bridgehead atoms. The van der Waals surface area contributed by atoms with E-state index in [1.54, 1.807) is 0 Å². The number of anilines is 3. The minimum atomic E-state index is -0.148. The lowest BCUT2D eigenvalue weighted by Gasteiger charge is -2.30. The van der Waals surface area contributed by atoms with Gasteiger partial charge in [-0.2, -0.15) is 0 Å². The zero-order valence-corrected chi connectivity index (χ0v) is 35.6. The number of rotatable bonds is 6. The van der Waals surface area contributed by atoms with Crippen LogP contribution in [0.4, 0.5) is 17.1 Å². The number of benzene rings is 10. The van der Waals surface area contributed by atoms with Gasteiger partial charge in [0.25, 0.3) is 0 Å². The van der Waals surface area contributed by atoms with Crippen LogP contribution in [0.25, 0.3) is 93.6 Å². The Labute approximate surface area is 371 Å². The van der Waals surface area contributed by atoms with Crippen molar-refractivity contribution in [2.45, 2.75) is 19.3 Å². The van der Waals surface area contributed by atoms with Crippen molar-refractivity contribution in [3.05, 3.63) is 230 Å². The summed E-state index contributed by atoms with van der Waals surface area (Å²) < 4.78 is 8.89. The molecule has 0 fully saturated rings. The van der Waals surface area contributed by atoms with E-state index in [4.69, 9.17) is 4.42 Å². The molecule has 0 radical (unpaired) electrons. The predicted molar refractivity (Wildman–Crippen MR) is 269 cm³/mol. The molecule has 1 aliphatic rings. The van der Waals surface area contributed by atoms with Crippen molar-refractivity contribution in [1.29, 1.82) is 0 Å². The normalized spacial score (nSPS) is 13.0. The molecular weight excluding hydrogens is 777 g/mol. The third-order valence-corrected chi connectivity index (χ3v) is 13.8. The quantitative estimate of drug-likeness (QED) is 0.167. The molecule has 0 saturated heterocycles. The Morgan fingerprint density at radius 3 is 1.75 bits per heavy atom. The zero-order chi connectivity index (χ0) is 42.5. The van der Waals surface area contributed by atoms with Crippen LogP contribution < -0.4 is 4.90 Å². The molecule has 10 aromatic carbocycles. The van der Waals surface area contributed by atoms with Crippen LogP contribution in [0.3, 0.4) is 0 Å². The van der Waals surface area contributed by atoms with Crippen molar-refractivity contribution in [1.82, 2.24) is 4.57 Å². The first-order valence-corrected chi connectivity index (χ1v) is 22.2. The first kappa shape index (κ1) is 36.5. The molecule has 2 heterocycles. The van der Waals surface area contributed by atoms with Gasteiger partial charge in [-0.05, 0) is 117 Å². The molecule has 2 aromatic heterocycles. The van der Waals surface area contributed by atoms with Crippen LogP contribution in [0.15, 0.2) is 223 Å². The molecule has 3 heteroatoms. The second-order valence-electron chi connectivity index (χ2n) is 17.7.